The topological polar surface area (TPSA) is 55.9 Å². The quantitative estimate of drug-likeness (QED) is 0.606. The number of aromatic nitrogens is 2. The number of rotatable bonds is 4. The van der Waals surface area contributed by atoms with Gasteiger partial charge in [-0.05, 0) is 44.8 Å². The molecule has 0 bridgehead atoms. The first-order valence-electron chi connectivity index (χ1n) is 6.03. The molecule has 2 aromatic rings. The van der Waals surface area contributed by atoms with Gasteiger partial charge in [-0.25, -0.2) is 4.39 Å². The molecule has 108 valence electrons. The summed E-state index contributed by atoms with van der Waals surface area (Å²) in [6, 6.07) is 4.84. The SMILES string of the molecule is Cc1nn(C)c(CC(NN)c2cccc(Br)c2F)c1Br. The van der Waals surface area contributed by atoms with Crippen LogP contribution in [-0.2, 0) is 13.5 Å². The van der Waals surface area contributed by atoms with E-state index in [0.29, 0.717) is 16.5 Å². The van der Waals surface area contributed by atoms with E-state index in [1.165, 1.54) is 0 Å². The van der Waals surface area contributed by atoms with Crippen LogP contribution in [-0.4, -0.2) is 9.78 Å². The van der Waals surface area contributed by atoms with E-state index in [-0.39, 0.29) is 11.9 Å². The van der Waals surface area contributed by atoms with Gasteiger partial charge in [-0.15, -0.1) is 0 Å². The van der Waals surface area contributed by atoms with Crippen LogP contribution >= 0.6 is 31.9 Å². The van der Waals surface area contributed by atoms with Crippen molar-refractivity contribution in [3.05, 3.63) is 49.9 Å². The molecule has 0 aliphatic carbocycles. The molecular formula is C13H15Br2FN4. The Morgan fingerprint density at radius 1 is 1.45 bits per heavy atom. The number of nitrogens with zero attached hydrogens (tertiary/aromatic N) is 2. The lowest BCUT2D eigenvalue weighted by Gasteiger charge is -2.18. The maximum absolute atomic E-state index is 14.2. The van der Waals surface area contributed by atoms with Crippen LogP contribution in [0.4, 0.5) is 4.39 Å². The predicted octanol–water partition coefficient (Wildman–Crippen LogP) is 3.14. The highest BCUT2D eigenvalue weighted by atomic mass is 79.9. The number of aryl methyl sites for hydroxylation is 2. The largest absolute Gasteiger partial charge is 0.271 e. The van der Waals surface area contributed by atoms with Crippen LogP contribution in [0.1, 0.15) is 23.0 Å². The van der Waals surface area contributed by atoms with Crippen molar-refractivity contribution in [3.63, 3.8) is 0 Å². The Morgan fingerprint density at radius 2 is 2.15 bits per heavy atom. The second kappa shape index (κ2) is 6.34. The van der Waals surface area contributed by atoms with Crippen LogP contribution < -0.4 is 11.3 Å². The molecule has 0 amide bonds. The Morgan fingerprint density at radius 3 is 2.70 bits per heavy atom. The van der Waals surface area contributed by atoms with Crippen molar-refractivity contribution in [1.82, 2.24) is 15.2 Å². The van der Waals surface area contributed by atoms with E-state index in [4.69, 9.17) is 5.84 Å². The second-order valence-electron chi connectivity index (χ2n) is 4.54. The zero-order valence-corrected chi connectivity index (χ0v) is 14.3. The number of hydrogen-bond donors (Lipinski definition) is 2. The standard InChI is InChI=1S/C13H15Br2FN4/c1-7-12(15)11(20(2)19-7)6-10(18-17)8-4-3-5-9(14)13(8)16/h3-5,10,18H,6,17H2,1-2H3. The maximum Gasteiger partial charge on any atom is 0.142 e. The predicted molar refractivity (Wildman–Crippen MR) is 83.5 cm³/mol. The van der Waals surface area contributed by atoms with E-state index in [1.807, 2.05) is 14.0 Å². The average Bonchev–Trinajstić information content (AvgIpc) is 2.65. The molecule has 0 saturated heterocycles. The van der Waals surface area contributed by atoms with E-state index < -0.39 is 0 Å². The van der Waals surface area contributed by atoms with Gasteiger partial charge in [0.05, 0.1) is 26.4 Å². The molecule has 1 heterocycles. The highest BCUT2D eigenvalue weighted by Crippen LogP contribution is 2.29. The summed E-state index contributed by atoms with van der Waals surface area (Å²) in [5.74, 6) is 5.30. The molecule has 1 aromatic heterocycles. The van der Waals surface area contributed by atoms with Crippen LogP contribution in [0.2, 0.25) is 0 Å². The lowest BCUT2D eigenvalue weighted by molar-refractivity contribution is 0.494. The first-order chi connectivity index (χ1) is 9.45. The highest BCUT2D eigenvalue weighted by molar-refractivity contribution is 9.10. The zero-order valence-electron chi connectivity index (χ0n) is 11.1. The van der Waals surface area contributed by atoms with Crippen molar-refractivity contribution < 1.29 is 4.39 Å². The Labute approximate surface area is 133 Å². The molecule has 0 spiro atoms. The fourth-order valence-corrected chi connectivity index (χ4v) is 3.02. The molecular weight excluding hydrogens is 391 g/mol. The first kappa shape index (κ1) is 15.6. The van der Waals surface area contributed by atoms with Crippen molar-refractivity contribution >= 4 is 31.9 Å². The number of hydrogen-bond acceptors (Lipinski definition) is 3. The minimum Gasteiger partial charge on any atom is -0.271 e. The van der Waals surface area contributed by atoms with Crippen molar-refractivity contribution in [3.8, 4) is 0 Å². The summed E-state index contributed by atoms with van der Waals surface area (Å²) < 4.78 is 17.3. The van der Waals surface area contributed by atoms with Gasteiger partial charge in [-0.2, -0.15) is 5.10 Å². The smallest absolute Gasteiger partial charge is 0.142 e. The first-order valence-corrected chi connectivity index (χ1v) is 7.62. The summed E-state index contributed by atoms with van der Waals surface area (Å²) in [6.45, 7) is 1.91. The highest BCUT2D eigenvalue weighted by Gasteiger charge is 2.20. The summed E-state index contributed by atoms with van der Waals surface area (Å²) >= 11 is 6.70. The van der Waals surface area contributed by atoms with E-state index in [0.717, 1.165) is 15.9 Å². The third kappa shape index (κ3) is 2.95. The van der Waals surface area contributed by atoms with Crippen LogP contribution in [0.15, 0.2) is 27.1 Å². The van der Waals surface area contributed by atoms with E-state index in [1.54, 1.807) is 22.9 Å². The number of nitrogens with two attached hydrogens (primary N) is 1. The fraction of sp³-hybridized carbons (Fsp3) is 0.308. The third-order valence-corrected chi connectivity index (χ3v) is 4.86. The van der Waals surface area contributed by atoms with Gasteiger partial charge in [0.1, 0.15) is 5.82 Å². The van der Waals surface area contributed by atoms with Gasteiger partial charge in [0.25, 0.3) is 0 Å². The van der Waals surface area contributed by atoms with E-state index in [9.17, 15) is 4.39 Å². The van der Waals surface area contributed by atoms with Crippen LogP contribution in [0.3, 0.4) is 0 Å². The number of hydrazine groups is 1. The average molecular weight is 406 g/mol. The molecule has 1 aromatic carbocycles. The Hall–Kier alpha value is -0.760. The van der Waals surface area contributed by atoms with Crippen LogP contribution in [0.25, 0.3) is 0 Å². The van der Waals surface area contributed by atoms with Gasteiger partial charge >= 0.3 is 0 Å². The monoisotopic (exact) mass is 404 g/mol. The molecule has 1 unspecified atom stereocenters. The molecule has 20 heavy (non-hydrogen) atoms. The van der Waals surface area contributed by atoms with Gasteiger partial charge in [-0.3, -0.25) is 16.0 Å². The van der Waals surface area contributed by atoms with Crippen LogP contribution in [0.5, 0.6) is 0 Å². The van der Waals surface area contributed by atoms with Gasteiger partial charge < -0.3 is 0 Å². The second-order valence-corrected chi connectivity index (χ2v) is 6.18. The molecule has 1 atom stereocenters. The summed E-state index contributed by atoms with van der Waals surface area (Å²) in [7, 11) is 1.86. The van der Waals surface area contributed by atoms with Crippen molar-refractivity contribution in [1.29, 1.82) is 0 Å². The molecule has 7 heteroatoms. The summed E-state index contributed by atoms with van der Waals surface area (Å²) in [5.41, 5.74) is 5.06. The summed E-state index contributed by atoms with van der Waals surface area (Å²) in [6.07, 6.45) is 0.530. The number of nitrogens with one attached hydrogen (secondary N) is 1. The molecule has 0 aliphatic rings. The molecule has 3 N–H and O–H groups in total. The Kier molecular flexibility index (Phi) is 4.95. The summed E-state index contributed by atoms with van der Waals surface area (Å²) in [4.78, 5) is 0. The zero-order chi connectivity index (χ0) is 14.9. The van der Waals surface area contributed by atoms with Gasteiger partial charge in [0, 0.05) is 19.0 Å². The number of benzene rings is 1. The van der Waals surface area contributed by atoms with E-state index >= 15 is 0 Å². The van der Waals surface area contributed by atoms with Crippen molar-refractivity contribution in [2.75, 3.05) is 0 Å². The van der Waals surface area contributed by atoms with Gasteiger partial charge in [0.15, 0.2) is 0 Å². The number of halogens is 3. The molecule has 0 radical (unpaired) electrons. The van der Waals surface area contributed by atoms with Gasteiger partial charge in [0.2, 0.25) is 0 Å². The molecule has 0 aliphatic heterocycles. The molecule has 2 rings (SSSR count). The molecule has 4 nitrogen and oxygen atoms in total. The van der Waals surface area contributed by atoms with Crippen molar-refractivity contribution in [2.45, 2.75) is 19.4 Å². The third-order valence-electron chi connectivity index (χ3n) is 3.22. The fourth-order valence-electron chi connectivity index (χ4n) is 2.14. The van der Waals surface area contributed by atoms with Crippen LogP contribution in [0, 0.1) is 12.7 Å². The normalized spacial score (nSPS) is 12.7. The molecule has 0 saturated carbocycles. The lowest BCUT2D eigenvalue weighted by atomic mass is 10.0. The van der Waals surface area contributed by atoms with Crippen molar-refractivity contribution in [2.24, 2.45) is 12.9 Å². The summed E-state index contributed by atoms with van der Waals surface area (Å²) in [5, 5.41) is 4.33. The maximum atomic E-state index is 14.2. The minimum atomic E-state index is -0.335. The lowest BCUT2D eigenvalue weighted by Crippen LogP contribution is -2.31. The van der Waals surface area contributed by atoms with Gasteiger partial charge in [-0.1, -0.05) is 12.1 Å². The Bertz CT molecular complexity index is 627. The Balaban J connectivity index is 2.36. The minimum absolute atomic E-state index is 0.300. The van der Waals surface area contributed by atoms with E-state index in [2.05, 4.69) is 42.4 Å². The molecule has 0 fully saturated rings.